The standard InChI is InChI=1S/C19H14F4N4O2/c1-10(18(28)24-11-2-4-13(20)15(22)8-11)27-7-6-17(26-27)19(29)25-12-3-5-14(21)16(23)9-12/h2-10H,1H3,(H,24,28)(H,25,29). The van der Waals surface area contributed by atoms with Crippen molar-refractivity contribution in [3.05, 3.63) is 77.6 Å². The lowest BCUT2D eigenvalue weighted by molar-refractivity contribution is -0.119. The lowest BCUT2D eigenvalue weighted by Gasteiger charge is -2.13. The van der Waals surface area contributed by atoms with E-state index in [1.54, 1.807) is 0 Å². The molecular formula is C19H14F4N4O2. The molecule has 0 spiro atoms. The molecule has 0 aliphatic heterocycles. The minimum absolute atomic E-state index is 0.0348. The second-order valence-corrected chi connectivity index (χ2v) is 6.06. The molecule has 1 aromatic heterocycles. The van der Waals surface area contributed by atoms with Gasteiger partial charge in [0.1, 0.15) is 6.04 Å². The fraction of sp³-hybridized carbons (Fsp3) is 0.105. The van der Waals surface area contributed by atoms with Crippen LogP contribution in [0.5, 0.6) is 0 Å². The third-order valence-electron chi connectivity index (χ3n) is 3.98. The molecule has 3 rings (SSSR count). The van der Waals surface area contributed by atoms with Crippen molar-refractivity contribution < 1.29 is 27.2 Å². The van der Waals surface area contributed by atoms with Gasteiger partial charge in [-0.2, -0.15) is 5.10 Å². The van der Waals surface area contributed by atoms with Gasteiger partial charge in [-0.3, -0.25) is 14.3 Å². The van der Waals surface area contributed by atoms with Gasteiger partial charge in [-0.05, 0) is 37.3 Å². The summed E-state index contributed by atoms with van der Waals surface area (Å²) in [5.41, 5.74) is 0.0268. The highest BCUT2D eigenvalue weighted by Gasteiger charge is 2.19. The van der Waals surface area contributed by atoms with Gasteiger partial charge in [-0.25, -0.2) is 17.6 Å². The van der Waals surface area contributed by atoms with Gasteiger partial charge in [0.2, 0.25) is 5.91 Å². The number of nitrogens with one attached hydrogen (secondary N) is 2. The van der Waals surface area contributed by atoms with Gasteiger partial charge in [0.05, 0.1) is 0 Å². The van der Waals surface area contributed by atoms with E-state index in [9.17, 15) is 27.2 Å². The first-order chi connectivity index (χ1) is 13.7. The van der Waals surface area contributed by atoms with Crippen LogP contribution in [0.2, 0.25) is 0 Å². The molecule has 3 aromatic rings. The summed E-state index contributed by atoms with van der Waals surface area (Å²) in [7, 11) is 0. The minimum Gasteiger partial charge on any atom is -0.324 e. The Morgan fingerprint density at radius 2 is 1.41 bits per heavy atom. The summed E-state index contributed by atoms with van der Waals surface area (Å²) in [5, 5.41) is 8.76. The summed E-state index contributed by atoms with van der Waals surface area (Å²) < 4.78 is 53.6. The number of carbonyl (C=O) groups is 2. The van der Waals surface area contributed by atoms with Crippen molar-refractivity contribution in [2.45, 2.75) is 13.0 Å². The monoisotopic (exact) mass is 406 g/mol. The first-order valence-electron chi connectivity index (χ1n) is 8.32. The van der Waals surface area contributed by atoms with Gasteiger partial charge in [0.15, 0.2) is 29.0 Å². The van der Waals surface area contributed by atoms with Crippen molar-refractivity contribution in [1.29, 1.82) is 0 Å². The Morgan fingerprint density at radius 1 is 0.862 bits per heavy atom. The smallest absolute Gasteiger partial charge is 0.276 e. The quantitative estimate of drug-likeness (QED) is 0.632. The molecule has 6 nitrogen and oxygen atoms in total. The van der Waals surface area contributed by atoms with Crippen molar-refractivity contribution in [3.8, 4) is 0 Å². The molecule has 2 amide bonds. The number of halogens is 4. The molecule has 0 fully saturated rings. The number of hydrogen-bond donors (Lipinski definition) is 2. The number of rotatable bonds is 5. The molecule has 0 bridgehead atoms. The molecule has 0 radical (unpaired) electrons. The summed E-state index contributed by atoms with van der Waals surface area (Å²) >= 11 is 0. The van der Waals surface area contributed by atoms with Gasteiger partial charge in [-0.1, -0.05) is 0 Å². The van der Waals surface area contributed by atoms with Gasteiger partial charge in [0.25, 0.3) is 5.91 Å². The van der Waals surface area contributed by atoms with Crippen LogP contribution in [0, 0.1) is 23.3 Å². The predicted octanol–water partition coefficient (Wildman–Crippen LogP) is 3.89. The third kappa shape index (κ3) is 4.60. The molecule has 1 heterocycles. The molecule has 0 aliphatic rings. The average molecular weight is 406 g/mol. The van der Waals surface area contributed by atoms with Crippen LogP contribution in [-0.4, -0.2) is 21.6 Å². The number of aromatic nitrogens is 2. The fourth-order valence-corrected chi connectivity index (χ4v) is 2.38. The lowest BCUT2D eigenvalue weighted by Crippen LogP contribution is -2.24. The molecule has 2 aromatic carbocycles. The molecule has 29 heavy (non-hydrogen) atoms. The SMILES string of the molecule is CC(C(=O)Nc1ccc(F)c(F)c1)n1ccc(C(=O)Nc2ccc(F)c(F)c2)n1. The lowest BCUT2D eigenvalue weighted by atomic mass is 10.2. The van der Waals surface area contributed by atoms with Crippen LogP contribution in [0.3, 0.4) is 0 Å². The van der Waals surface area contributed by atoms with Crippen molar-refractivity contribution >= 4 is 23.2 Å². The number of anilines is 2. The second-order valence-electron chi connectivity index (χ2n) is 6.06. The predicted molar refractivity (Wildman–Crippen MR) is 96.2 cm³/mol. The number of carbonyl (C=O) groups excluding carboxylic acids is 2. The highest BCUT2D eigenvalue weighted by Crippen LogP contribution is 2.17. The molecule has 0 aliphatic carbocycles. The van der Waals surface area contributed by atoms with Crippen LogP contribution in [0.4, 0.5) is 28.9 Å². The zero-order chi connectivity index (χ0) is 21.1. The normalized spacial score (nSPS) is 11.8. The molecule has 1 unspecified atom stereocenters. The van der Waals surface area contributed by atoms with Gasteiger partial charge < -0.3 is 10.6 Å². The third-order valence-corrected chi connectivity index (χ3v) is 3.98. The van der Waals surface area contributed by atoms with Gasteiger partial charge in [0, 0.05) is 29.7 Å². The summed E-state index contributed by atoms with van der Waals surface area (Å²) in [6, 6.07) is 6.24. The summed E-state index contributed by atoms with van der Waals surface area (Å²) in [5.74, 6) is -5.58. The summed E-state index contributed by atoms with van der Waals surface area (Å²) in [6.45, 7) is 1.49. The maximum atomic E-state index is 13.2. The van der Waals surface area contributed by atoms with E-state index in [1.165, 1.54) is 36.0 Å². The fourth-order valence-electron chi connectivity index (χ4n) is 2.38. The van der Waals surface area contributed by atoms with E-state index in [4.69, 9.17) is 0 Å². The maximum Gasteiger partial charge on any atom is 0.276 e. The van der Waals surface area contributed by atoms with Crippen LogP contribution in [0.15, 0.2) is 48.7 Å². The van der Waals surface area contributed by atoms with Crippen molar-refractivity contribution in [2.75, 3.05) is 10.6 Å². The van der Waals surface area contributed by atoms with Crippen LogP contribution < -0.4 is 10.6 Å². The molecule has 1 atom stereocenters. The minimum atomic E-state index is -1.11. The Hall–Kier alpha value is -3.69. The highest BCUT2D eigenvalue weighted by molar-refractivity contribution is 6.02. The second kappa shape index (κ2) is 8.13. The Bertz CT molecular complexity index is 1080. The molecular weight excluding hydrogens is 392 g/mol. The van der Waals surface area contributed by atoms with E-state index in [2.05, 4.69) is 15.7 Å². The first kappa shape index (κ1) is 20.1. The maximum absolute atomic E-state index is 13.2. The Balaban J connectivity index is 1.67. The van der Waals surface area contributed by atoms with E-state index in [1.807, 2.05) is 0 Å². The van der Waals surface area contributed by atoms with E-state index in [0.717, 1.165) is 24.3 Å². The molecule has 0 saturated heterocycles. The number of nitrogens with zero attached hydrogens (tertiary/aromatic N) is 2. The number of hydrogen-bond acceptors (Lipinski definition) is 3. The molecule has 2 N–H and O–H groups in total. The van der Waals surface area contributed by atoms with E-state index >= 15 is 0 Å². The Kier molecular flexibility index (Phi) is 5.62. The average Bonchev–Trinajstić information content (AvgIpc) is 3.17. The van der Waals surface area contributed by atoms with Crippen LogP contribution in [-0.2, 0) is 4.79 Å². The summed E-state index contributed by atoms with van der Waals surface area (Å²) in [4.78, 5) is 24.5. The van der Waals surface area contributed by atoms with Crippen molar-refractivity contribution in [3.63, 3.8) is 0 Å². The van der Waals surface area contributed by atoms with Crippen molar-refractivity contribution in [1.82, 2.24) is 9.78 Å². The molecule has 0 saturated carbocycles. The van der Waals surface area contributed by atoms with E-state index < -0.39 is 41.1 Å². The van der Waals surface area contributed by atoms with E-state index in [-0.39, 0.29) is 17.1 Å². The van der Waals surface area contributed by atoms with Gasteiger partial charge in [-0.15, -0.1) is 0 Å². The van der Waals surface area contributed by atoms with Crippen LogP contribution in [0.25, 0.3) is 0 Å². The molecule has 150 valence electrons. The summed E-state index contributed by atoms with van der Waals surface area (Å²) in [6.07, 6.45) is 1.37. The highest BCUT2D eigenvalue weighted by atomic mass is 19.2. The zero-order valence-electron chi connectivity index (χ0n) is 14.9. The van der Waals surface area contributed by atoms with Crippen molar-refractivity contribution in [2.24, 2.45) is 0 Å². The van der Waals surface area contributed by atoms with Crippen LogP contribution >= 0.6 is 0 Å². The number of benzene rings is 2. The largest absolute Gasteiger partial charge is 0.324 e. The molecule has 10 heteroatoms. The van der Waals surface area contributed by atoms with Gasteiger partial charge >= 0.3 is 0 Å². The Labute approximate surface area is 162 Å². The topological polar surface area (TPSA) is 76.0 Å². The first-order valence-corrected chi connectivity index (χ1v) is 8.32. The number of amides is 2. The van der Waals surface area contributed by atoms with Crippen LogP contribution in [0.1, 0.15) is 23.5 Å². The van der Waals surface area contributed by atoms with E-state index in [0.29, 0.717) is 0 Å². The Morgan fingerprint density at radius 3 is 1.97 bits per heavy atom. The zero-order valence-corrected chi connectivity index (χ0v) is 14.9.